The molecule has 3 rings (SSSR count). The highest BCUT2D eigenvalue weighted by atomic mass is 16.3. The third-order valence-corrected chi connectivity index (χ3v) is 2.74. The van der Waals surface area contributed by atoms with Gasteiger partial charge in [-0.1, -0.05) is 6.07 Å². The van der Waals surface area contributed by atoms with Gasteiger partial charge in [-0.2, -0.15) is 0 Å². The Hall–Kier alpha value is -2.07. The summed E-state index contributed by atoms with van der Waals surface area (Å²) in [5.41, 5.74) is 8.43. The molecule has 0 aliphatic carbocycles. The lowest BCUT2D eigenvalue weighted by molar-refractivity contribution is 0.547. The fourth-order valence-electron chi connectivity index (χ4n) is 1.85. The fraction of sp³-hybridized carbons (Fsp3) is 0.154. The van der Waals surface area contributed by atoms with E-state index in [2.05, 4.69) is 4.98 Å². The summed E-state index contributed by atoms with van der Waals surface area (Å²) in [7, 11) is 0. The van der Waals surface area contributed by atoms with Crippen molar-refractivity contribution >= 4 is 5.65 Å². The molecule has 17 heavy (non-hydrogen) atoms. The van der Waals surface area contributed by atoms with Crippen LogP contribution in [-0.4, -0.2) is 9.38 Å². The quantitative estimate of drug-likeness (QED) is 0.731. The predicted octanol–water partition coefficient (Wildman–Crippen LogP) is 2.36. The van der Waals surface area contributed by atoms with Crippen molar-refractivity contribution in [3.8, 4) is 11.5 Å². The summed E-state index contributed by atoms with van der Waals surface area (Å²) >= 11 is 0. The van der Waals surface area contributed by atoms with Crippen molar-refractivity contribution in [2.45, 2.75) is 13.5 Å². The van der Waals surface area contributed by atoms with Crippen molar-refractivity contribution in [1.29, 1.82) is 0 Å². The largest absolute Gasteiger partial charge is 0.460 e. The molecule has 3 aromatic rings. The van der Waals surface area contributed by atoms with Crippen molar-refractivity contribution in [3.63, 3.8) is 0 Å². The number of hydrogen-bond donors (Lipinski definition) is 1. The molecule has 0 amide bonds. The van der Waals surface area contributed by atoms with E-state index in [1.807, 2.05) is 48.0 Å². The Morgan fingerprint density at radius 2 is 2.12 bits per heavy atom. The first-order valence-electron chi connectivity index (χ1n) is 5.51. The number of fused-ring (bicyclic) bond motifs is 1. The van der Waals surface area contributed by atoms with Crippen LogP contribution in [0.1, 0.15) is 11.3 Å². The summed E-state index contributed by atoms with van der Waals surface area (Å²) < 4.78 is 7.52. The Labute approximate surface area is 98.7 Å². The number of nitrogens with two attached hydrogens (primary N) is 1. The van der Waals surface area contributed by atoms with Crippen LogP contribution in [0.4, 0.5) is 0 Å². The van der Waals surface area contributed by atoms with Crippen LogP contribution in [-0.2, 0) is 6.54 Å². The molecule has 86 valence electrons. The minimum Gasteiger partial charge on any atom is -0.460 e. The van der Waals surface area contributed by atoms with Crippen LogP contribution in [0.3, 0.4) is 0 Å². The number of rotatable bonds is 2. The van der Waals surface area contributed by atoms with Gasteiger partial charge in [-0.25, -0.2) is 4.98 Å². The predicted molar refractivity (Wildman–Crippen MR) is 65.5 cm³/mol. The number of furan rings is 1. The average molecular weight is 227 g/mol. The van der Waals surface area contributed by atoms with Crippen LogP contribution >= 0.6 is 0 Å². The van der Waals surface area contributed by atoms with E-state index in [0.29, 0.717) is 6.54 Å². The number of hydrogen-bond acceptors (Lipinski definition) is 3. The zero-order chi connectivity index (χ0) is 11.8. The van der Waals surface area contributed by atoms with Crippen molar-refractivity contribution in [2.75, 3.05) is 0 Å². The molecule has 0 aromatic carbocycles. The number of aryl methyl sites for hydroxylation is 1. The Balaban J connectivity index is 2.13. The molecule has 4 heteroatoms. The average Bonchev–Trinajstić information content (AvgIpc) is 2.93. The Morgan fingerprint density at radius 1 is 1.24 bits per heavy atom. The van der Waals surface area contributed by atoms with Crippen LogP contribution in [0, 0.1) is 6.92 Å². The summed E-state index contributed by atoms with van der Waals surface area (Å²) in [6.07, 6.45) is 3.94. The smallest absolute Gasteiger partial charge is 0.154 e. The van der Waals surface area contributed by atoms with Gasteiger partial charge in [-0.15, -0.1) is 0 Å². The van der Waals surface area contributed by atoms with Gasteiger partial charge in [-0.05, 0) is 30.7 Å². The molecule has 0 aliphatic rings. The Morgan fingerprint density at radius 3 is 2.82 bits per heavy atom. The minimum atomic E-state index is 0.531. The standard InChI is InChI=1S/C13H13N3O/c1-9-2-4-12(17-9)11-8-16-7-10(6-14)3-5-13(16)15-11/h2-5,7-8H,6,14H2,1H3. The lowest BCUT2D eigenvalue weighted by atomic mass is 10.3. The lowest BCUT2D eigenvalue weighted by Crippen LogP contribution is -1.97. The molecule has 0 spiro atoms. The van der Waals surface area contributed by atoms with Gasteiger partial charge in [0.15, 0.2) is 5.76 Å². The maximum absolute atomic E-state index is 5.61. The van der Waals surface area contributed by atoms with Gasteiger partial charge >= 0.3 is 0 Å². The summed E-state index contributed by atoms with van der Waals surface area (Å²) in [5.74, 6) is 1.68. The van der Waals surface area contributed by atoms with Crippen molar-refractivity contribution in [2.24, 2.45) is 5.73 Å². The van der Waals surface area contributed by atoms with Gasteiger partial charge in [0.2, 0.25) is 0 Å². The summed E-state index contributed by atoms with van der Waals surface area (Å²) in [6.45, 7) is 2.45. The maximum Gasteiger partial charge on any atom is 0.154 e. The highest BCUT2D eigenvalue weighted by Crippen LogP contribution is 2.21. The minimum absolute atomic E-state index is 0.531. The molecule has 0 radical (unpaired) electrons. The van der Waals surface area contributed by atoms with Gasteiger partial charge in [0.1, 0.15) is 17.1 Å². The summed E-state index contributed by atoms with van der Waals surface area (Å²) in [4.78, 5) is 4.50. The second-order valence-electron chi connectivity index (χ2n) is 4.04. The molecule has 3 aromatic heterocycles. The molecule has 4 nitrogen and oxygen atoms in total. The van der Waals surface area contributed by atoms with Crippen molar-refractivity contribution in [3.05, 3.63) is 48.0 Å². The van der Waals surface area contributed by atoms with Gasteiger partial charge in [0.05, 0.1) is 0 Å². The normalized spacial score (nSPS) is 11.2. The van der Waals surface area contributed by atoms with Crippen LogP contribution in [0.5, 0.6) is 0 Å². The van der Waals surface area contributed by atoms with Crippen molar-refractivity contribution < 1.29 is 4.42 Å². The third kappa shape index (κ3) is 1.72. The zero-order valence-electron chi connectivity index (χ0n) is 9.55. The van der Waals surface area contributed by atoms with E-state index in [4.69, 9.17) is 10.2 Å². The molecular formula is C13H13N3O. The molecule has 0 saturated carbocycles. The first kappa shape index (κ1) is 10.1. The van der Waals surface area contributed by atoms with Gasteiger partial charge < -0.3 is 14.6 Å². The first-order chi connectivity index (χ1) is 8.26. The molecule has 0 aliphatic heterocycles. The third-order valence-electron chi connectivity index (χ3n) is 2.74. The van der Waals surface area contributed by atoms with Gasteiger partial charge in [0.25, 0.3) is 0 Å². The van der Waals surface area contributed by atoms with Gasteiger partial charge in [-0.3, -0.25) is 0 Å². The number of imidazole rings is 1. The molecule has 2 N–H and O–H groups in total. The SMILES string of the molecule is Cc1ccc(-c2cn3cc(CN)ccc3n2)o1. The van der Waals surface area contributed by atoms with E-state index in [1.54, 1.807) is 0 Å². The molecule has 0 fully saturated rings. The second kappa shape index (κ2) is 3.75. The van der Waals surface area contributed by atoms with Crippen LogP contribution < -0.4 is 5.73 Å². The molecule has 0 bridgehead atoms. The number of aromatic nitrogens is 2. The first-order valence-corrected chi connectivity index (χ1v) is 5.51. The Kier molecular flexibility index (Phi) is 2.23. The van der Waals surface area contributed by atoms with Gasteiger partial charge in [0, 0.05) is 18.9 Å². The fourth-order valence-corrected chi connectivity index (χ4v) is 1.85. The lowest BCUT2D eigenvalue weighted by Gasteiger charge is -1.96. The highest BCUT2D eigenvalue weighted by molar-refractivity contribution is 5.57. The monoisotopic (exact) mass is 227 g/mol. The van der Waals surface area contributed by atoms with E-state index in [9.17, 15) is 0 Å². The van der Waals surface area contributed by atoms with E-state index < -0.39 is 0 Å². The second-order valence-corrected chi connectivity index (χ2v) is 4.04. The zero-order valence-corrected chi connectivity index (χ0v) is 9.55. The van der Waals surface area contributed by atoms with E-state index >= 15 is 0 Å². The summed E-state index contributed by atoms with van der Waals surface area (Å²) in [5, 5.41) is 0. The molecule has 3 heterocycles. The molecular weight excluding hydrogens is 214 g/mol. The topological polar surface area (TPSA) is 56.5 Å². The van der Waals surface area contributed by atoms with E-state index in [1.165, 1.54) is 0 Å². The van der Waals surface area contributed by atoms with Crippen LogP contribution in [0.25, 0.3) is 17.1 Å². The van der Waals surface area contributed by atoms with E-state index in [-0.39, 0.29) is 0 Å². The highest BCUT2D eigenvalue weighted by Gasteiger charge is 2.07. The number of nitrogens with zero attached hydrogens (tertiary/aromatic N) is 2. The maximum atomic E-state index is 5.61. The van der Waals surface area contributed by atoms with Crippen LogP contribution in [0.15, 0.2) is 41.1 Å². The molecule has 0 atom stereocenters. The van der Waals surface area contributed by atoms with Crippen LogP contribution in [0.2, 0.25) is 0 Å². The Bertz CT molecular complexity index is 666. The molecule has 0 unspecified atom stereocenters. The number of pyridine rings is 1. The van der Waals surface area contributed by atoms with Crippen molar-refractivity contribution in [1.82, 2.24) is 9.38 Å². The molecule has 0 saturated heterocycles. The van der Waals surface area contributed by atoms with E-state index in [0.717, 1.165) is 28.4 Å². The summed E-state index contributed by atoms with van der Waals surface area (Å²) in [6, 6.07) is 7.81.